The summed E-state index contributed by atoms with van der Waals surface area (Å²) >= 11 is 0. The van der Waals surface area contributed by atoms with E-state index in [9.17, 15) is 14.4 Å². The molecule has 4 aliphatic rings. The molecule has 3 N–H and O–H groups in total. The molecule has 218 valence electrons. The minimum atomic E-state index is -0.557. The molecule has 4 aliphatic heterocycles. The monoisotopic (exact) mass is 563 g/mol. The molecule has 0 saturated carbocycles. The van der Waals surface area contributed by atoms with Gasteiger partial charge in [-0.3, -0.25) is 9.59 Å². The SMILES string of the molecule is CC(C)(C)OC(=O)N1CCC(N2Cc3cc(NC(=O)/C(C=N)=C4\N=CC=CN4)c(N4CCOCC4)cc3C2=O)CC1. The number of fused-ring (bicyclic) bond motifs is 1. The van der Waals surface area contributed by atoms with E-state index in [1.165, 1.54) is 0 Å². The topological polar surface area (TPSA) is 140 Å². The van der Waals surface area contributed by atoms with Crippen molar-refractivity contribution in [3.05, 3.63) is 46.9 Å². The van der Waals surface area contributed by atoms with Gasteiger partial charge >= 0.3 is 6.09 Å². The molecule has 4 heterocycles. The third-order valence-electron chi connectivity index (χ3n) is 7.46. The fourth-order valence-electron chi connectivity index (χ4n) is 5.42. The van der Waals surface area contributed by atoms with Gasteiger partial charge in [0.25, 0.3) is 11.8 Å². The van der Waals surface area contributed by atoms with Gasteiger partial charge in [0.15, 0.2) is 0 Å². The fourth-order valence-corrected chi connectivity index (χ4v) is 5.42. The van der Waals surface area contributed by atoms with Crippen LogP contribution >= 0.6 is 0 Å². The number of piperidine rings is 1. The number of hydrogen-bond donors (Lipinski definition) is 3. The Balaban J connectivity index is 1.36. The third kappa shape index (κ3) is 6.27. The van der Waals surface area contributed by atoms with Crippen LogP contribution in [0.15, 0.2) is 40.8 Å². The minimum Gasteiger partial charge on any atom is -0.444 e. The average molecular weight is 564 g/mol. The van der Waals surface area contributed by atoms with Gasteiger partial charge in [-0.15, -0.1) is 0 Å². The number of likely N-dealkylation sites (tertiary alicyclic amines) is 1. The average Bonchev–Trinajstić information content (AvgIpc) is 3.28. The van der Waals surface area contributed by atoms with E-state index in [-0.39, 0.29) is 29.4 Å². The first kappa shape index (κ1) is 28.3. The number of amides is 3. The third-order valence-corrected chi connectivity index (χ3v) is 7.46. The summed E-state index contributed by atoms with van der Waals surface area (Å²) in [6.45, 7) is 9.34. The number of ether oxygens (including phenoxy) is 2. The first-order valence-corrected chi connectivity index (χ1v) is 13.9. The second-order valence-corrected chi connectivity index (χ2v) is 11.4. The molecule has 0 unspecified atom stereocenters. The van der Waals surface area contributed by atoms with Gasteiger partial charge < -0.3 is 40.2 Å². The van der Waals surface area contributed by atoms with Gasteiger partial charge in [-0.1, -0.05) is 0 Å². The van der Waals surface area contributed by atoms with Gasteiger partial charge in [-0.25, -0.2) is 9.79 Å². The van der Waals surface area contributed by atoms with Crippen molar-refractivity contribution in [1.29, 1.82) is 5.41 Å². The predicted octanol–water partition coefficient (Wildman–Crippen LogP) is 2.87. The maximum absolute atomic E-state index is 13.7. The maximum atomic E-state index is 13.7. The van der Waals surface area contributed by atoms with Crippen LogP contribution in [0.4, 0.5) is 16.2 Å². The highest BCUT2D eigenvalue weighted by atomic mass is 16.6. The van der Waals surface area contributed by atoms with Crippen molar-refractivity contribution < 1.29 is 23.9 Å². The van der Waals surface area contributed by atoms with Crippen LogP contribution in [0.5, 0.6) is 0 Å². The minimum absolute atomic E-state index is 0.00370. The lowest BCUT2D eigenvalue weighted by molar-refractivity contribution is -0.112. The number of allylic oxidation sites excluding steroid dienone is 1. The van der Waals surface area contributed by atoms with Crippen molar-refractivity contribution in [1.82, 2.24) is 15.1 Å². The van der Waals surface area contributed by atoms with Gasteiger partial charge in [0.05, 0.1) is 30.2 Å². The molecular weight excluding hydrogens is 526 g/mol. The molecular formula is C29H37N7O5. The zero-order chi connectivity index (χ0) is 29.1. The van der Waals surface area contributed by atoms with E-state index in [0.29, 0.717) is 70.0 Å². The Bertz CT molecular complexity index is 1320. The van der Waals surface area contributed by atoms with Crippen molar-refractivity contribution in [2.45, 2.75) is 51.8 Å². The maximum Gasteiger partial charge on any atom is 0.410 e. The van der Waals surface area contributed by atoms with E-state index in [4.69, 9.17) is 14.9 Å². The second-order valence-electron chi connectivity index (χ2n) is 11.4. The highest BCUT2D eigenvalue weighted by Crippen LogP contribution is 2.37. The van der Waals surface area contributed by atoms with E-state index in [2.05, 4.69) is 20.5 Å². The molecule has 41 heavy (non-hydrogen) atoms. The molecule has 0 bridgehead atoms. The number of nitrogens with zero attached hydrogens (tertiary/aromatic N) is 4. The Morgan fingerprint density at radius 1 is 1.17 bits per heavy atom. The van der Waals surface area contributed by atoms with Gasteiger partial charge in [0.1, 0.15) is 11.4 Å². The van der Waals surface area contributed by atoms with Crippen LogP contribution in [0, 0.1) is 5.41 Å². The van der Waals surface area contributed by atoms with E-state index < -0.39 is 11.5 Å². The summed E-state index contributed by atoms with van der Waals surface area (Å²) in [5.74, 6) is -0.230. The summed E-state index contributed by atoms with van der Waals surface area (Å²) in [7, 11) is 0. The molecule has 1 aromatic rings. The standard InChI is InChI=1S/C29H37N7O5/c1-29(2,3)41-28(39)35-9-5-20(6-10-35)36-18-19-15-23(33-26(37)22(17-30)25-31-7-4-8-32-25)24(16-21(19)27(36)38)34-11-13-40-14-12-34/h4,7-8,15-17,20,30-31H,5-6,9-14,18H2,1-3H3,(H,33,37)/b25-22-,30-17?. The summed E-state index contributed by atoms with van der Waals surface area (Å²) in [5, 5.41) is 13.7. The summed E-state index contributed by atoms with van der Waals surface area (Å²) in [6.07, 6.45) is 6.87. The van der Waals surface area contributed by atoms with Crippen LogP contribution in [0.25, 0.3) is 0 Å². The number of aliphatic imine (C=N–C) groups is 1. The van der Waals surface area contributed by atoms with Gasteiger partial charge in [0.2, 0.25) is 0 Å². The molecule has 2 fully saturated rings. The molecule has 12 nitrogen and oxygen atoms in total. The summed E-state index contributed by atoms with van der Waals surface area (Å²) < 4.78 is 11.0. The second kappa shape index (κ2) is 11.7. The number of rotatable bonds is 5. The zero-order valence-electron chi connectivity index (χ0n) is 23.7. The molecule has 1 aromatic carbocycles. The van der Waals surface area contributed by atoms with E-state index in [1.54, 1.807) is 23.4 Å². The Morgan fingerprint density at radius 3 is 2.54 bits per heavy atom. The van der Waals surface area contributed by atoms with Crippen LogP contribution in [-0.4, -0.2) is 91.2 Å². The van der Waals surface area contributed by atoms with E-state index in [0.717, 1.165) is 17.5 Å². The van der Waals surface area contributed by atoms with Gasteiger partial charge in [-0.05, 0) is 57.4 Å². The quantitative estimate of drug-likeness (QED) is 0.370. The molecule has 0 aliphatic carbocycles. The van der Waals surface area contributed by atoms with Crippen molar-refractivity contribution in [2.75, 3.05) is 49.6 Å². The number of morpholine rings is 1. The molecule has 12 heteroatoms. The van der Waals surface area contributed by atoms with Crippen LogP contribution < -0.4 is 15.5 Å². The Kier molecular flexibility index (Phi) is 8.11. The van der Waals surface area contributed by atoms with Crippen LogP contribution in [0.1, 0.15) is 49.5 Å². The Hall–Kier alpha value is -4.19. The van der Waals surface area contributed by atoms with Crippen molar-refractivity contribution in [3.63, 3.8) is 0 Å². The summed E-state index contributed by atoms with van der Waals surface area (Å²) in [6, 6.07) is 3.73. The number of carbonyl (C=O) groups excluding carboxylic acids is 3. The number of nitrogens with one attached hydrogen (secondary N) is 3. The number of carbonyl (C=O) groups is 3. The lowest BCUT2D eigenvalue weighted by Crippen LogP contribution is -2.48. The Labute approximate surface area is 239 Å². The molecule has 0 spiro atoms. The largest absolute Gasteiger partial charge is 0.444 e. The van der Waals surface area contributed by atoms with Gasteiger partial charge in [-0.2, -0.15) is 0 Å². The molecule has 3 amide bonds. The molecule has 5 rings (SSSR count). The summed E-state index contributed by atoms with van der Waals surface area (Å²) in [4.78, 5) is 49.3. The summed E-state index contributed by atoms with van der Waals surface area (Å²) in [5.41, 5.74) is 2.29. The van der Waals surface area contributed by atoms with Crippen molar-refractivity contribution in [2.24, 2.45) is 4.99 Å². The van der Waals surface area contributed by atoms with Crippen LogP contribution in [-0.2, 0) is 20.8 Å². The number of hydrogen-bond acceptors (Lipinski definition) is 9. The van der Waals surface area contributed by atoms with E-state index >= 15 is 0 Å². The molecule has 2 saturated heterocycles. The highest BCUT2D eigenvalue weighted by Gasteiger charge is 2.37. The molecule has 0 aromatic heterocycles. The number of benzene rings is 1. The smallest absolute Gasteiger partial charge is 0.410 e. The van der Waals surface area contributed by atoms with Crippen LogP contribution in [0.3, 0.4) is 0 Å². The zero-order valence-corrected chi connectivity index (χ0v) is 23.7. The lowest BCUT2D eigenvalue weighted by atomic mass is 10.0. The molecule has 0 radical (unpaired) electrons. The van der Waals surface area contributed by atoms with Crippen molar-refractivity contribution in [3.8, 4) is 0 Å². The van der Waals surface area contributed by atoms with Crippen LogP contribution in [0.2, 0.25) is 0 Å². The van der Waals surface area contributed by atoms with Gasteiger partial charge in [0, 0.05) is 63.0 Å². The normalized spacial score (nSPS) is 20.5. The first-order valence-electron chi connectivity index (χ1n) is 13.9. The first-order chi connectivity index (χ1) is 19.6. The number of anilines is 2. The predicted molar refractivity (Wildman–Crippen MR) is 155 cm³/mol. The Morgan fingerprint density at radius 2 is 1.90 bits per heavy atom. The highest BCUT2D eigenvalue weighted by molar-refractivity contribution is 6.18. The lowest BCUT2D eigenvalue weighted by Gasteiger charge is -2.37. The van der Waals surface area contributed by atoms with E-state index in [1.807, 2.05) is 37.8 Å². The fraction of sp³-hybridized carbons (Fsp3) is 0.483. The van der Waals surface area contributed by atoms with Crippen molar-refractivity contribution >= 4 is 41.7 Å². The molecule has 0 atom stereocenters.